The Bertz CT molecular complexity index is 255. The van der Waals surface area contributed by atoms with Crippen molar-refractivity contribution in [1.82, 2.24) is 4.98 Å². The van der Waals surface area contributed by atoms with Gasteiger partial charge in [-0.3, -0.25) is 0 Å². The van der Waals surface area contributed by atoms with Crippen LogP contribution in [0.25, 0.3) is 0 Å². The van der Waals surface area contributed by atoms with Crippen LogP contribution in [-0.2, 0) is 11.3 Å². The maximum atomic E-state index is 10.8. The van der Waals surface area contributed by atoms with Crippen LogP contribution in [-0.4, -0.2) is 18.1 Å². The number of H-pyrrole nitrogens is 1. The Hall–Kier alpha value is -1.29. The van der Waals surface area contributed by atoms with Crippen LogP contribution in [0.4, 0.5) is 0 Å². The fourth-order valence-corrected chi connectivity index (χ4v) is 0.788. The Labute approximate surface area is 64.4 Å². The monoisotopic (exact) mass is 154 g/mol. The molecule has 0 fully saturated rings. The Morgan fingerprint density at radius 2 is 2.45 bits per heavy atom. The molecular formula is C7H10N2O2. The van der Waals surface area contributed by atoms with E-state index in [0.717, 1.165) is 5.69 Å². The van der Waals surface area contributed by atoms with Crippen LogP contribution in [0.3, 0.4) is 0 Å². The number of hydrogen-bond donors (Lipinski definition) is 2. The predicted molar refractivity (Wildman–Crippen MR) is 40.0 cm³/mol. The number of aromatic amines is 1. The topological polar surface area (TPSA) is 68.1 Å². The van der Waals surface area contributed by atoms with Crippen LogP contribution in [0.1, 0.15) is 16.2 Å². The van der Waals surface area contributed by atoms with E-state index in [1.54, 1.807) is 12.1 Å². The second-order valence-corrected chi connectivity index (χ2v) is 2.09. The van der Waals surface area contributed by atoms with Crippen molar-refractivity contribution in [2.45, 2.75) is 6.54 Å². The first-order valence-electron chi connectivity index (χ1n) is 3.24. The quantitative estimate of drug-likeness (QED) is 0.600. The number of rotatable bonds is 2. The second-order valence-electron chi connectivity index (χ2n) is 2.09. The van der Waals surface area contributed by atoms with E-state index in [0.29, 0.717) is 12.2 Å². The standard InChI is InChI=1S/C7H10N2O2/c1-11-7(10)6-3-2-5(4-8)9-6/h2-3,9H,4,8H2,1H3. The smallest absolute Gasteiger partial charge is 0.354 e. The summed E-state index contributed by atoms with van der Waals surface area (Å²) in [5, 5.41) is 0. The molecule has 0 saturated heterocycles. The highest BCUT2D eigenvalue weighted by Crippen LogP contribution is 2.01. The molecule has 0 unspecified atom stereocenters. The fourth-order valence-electron chi connectivity index (χ4n) is 0.788. The number of carbonyl (C=O) groups is 1. The molecule has 3 N–H and O–H groups in total. The van der Waals surface area contributed by atoms with Crippen molar-refractivity contribution in [2.24, 2.45) is 5.73 Å². The highest BCUT2D eigenvalue weighted by Gasteiger charge is 2.05. The second kappa shape index (κ2) is 3.21. The molecule has 60 valence electrons. The van der Waals surface area contributed by atoms with Crippen LogP contribution in [0.2, 0.25) is 0 Å². The van der Waals surface area contributed by atoms with Gasteiger partial charge in [0.05, 0.1) is 7.11 Å². The highest BCUT2D eigenvalue weighted by atomic mass is 16.5. The lowest BCUT2D eigenvalue weighted by molar-refractivity contribution is 0.0594. The number of aromatic nitrogens is 1. The van der Waals surface area contributed by atoms with Gasteiger partial charge in [0.15, 0.2) is 0 Å². The van der Waals surface area contributed by atoms with Crippen LogP contribution >= 0.6 is 0 Å². The summed E-state index contributed by atoms with van der Waals surface area (Å²) in [5.41, 5.74) is 6.58. The Morgan fingerprint density at radius 1 is 1.73 bits per heavy atom. The number of nitrogens with one attached hydrogen (secondary N) is 1. The first-order valence-corrected chi connectivity index (χ1v) is 3.24. The number of esters is 1. The van der Waals surface area contributed by atoms with Crippen molar-refractivity contribution in [2.75, 3.05) is 7.11 Å². The van der Waals surface area contributed by atoms with E-state index in [1.807, 2.05) is 0 Å². The molecule has 1 aromatic heterocycles. The van der Waals surface area contributed by atoms with Gasteiger partial charge in [0, 0.05) is 12.2 Å². The zero-order chi connectivity index (χ0) is 8.27. The first kappa shape index (κ1) is 7.81. The van der Waals surface area contributed by atoms with Crippen molar-refractivity contribution in [3.8, 4) is 0 Å². The number of hydrogen-bond acceptors (Lipinski definition) is 3. The van der Waals surface area contributed by atoms with Gasteiger partial charge < -0.3 is 15.5 Å². The van der Waals surface area contributed by atoms with E-state index in [-0.39, 0.29) is 5.97 Å². The highest BCUT2D eigenvalue weighted by molar-refractivity contribution is 5.87. The van der Waals surface area contributed by atoms with Crippen LogP contribution in [0.15, 0.2) is 12.1 Å². The lowest BCUT2D eigenvalue weighted by atomic mass is 10.4. The first-order chi connectivity index (χ1) is 5.27. The summed E-state index contributed by atoms with van der Waals surface area (Å²) < 4.78 is 4.48. The van der Waals surface area contributed by atoms with Crippen molar-refractivity contribution < 1.29 is 9.53 Å². The molecular weight excluding hydrogens is 144 g/mol. The number of nitrogens with two attached hydrogens (primary N) is 1. The lowest BCUT2D eigenvalue weighted by Crippen LogP contribution is -2.02. The van der Waals surface area contributed by atoms with E-state index in [1.165, 1.54) is 7.11 Å². The maximum absolute atomic E-state index is 10.8. The summed E-state index contributed by atoms with van der Waals surface area (Å²) in [6.45, 7) is 0.400. The van der Waals surface area contributed by atoms with Gasteiger partial charge in [0.25, 0.3) is 0 Å². The summed E-state index contributed by atoms with van der Waals surface area (Å²) in [6, 6.07) is 3.40. The average molecular weight is 154 g/mol. The summed E-state index contributed by atoms with van der Waals surface area (Å²) in [6.07, 6.45) is 0. The summed E-state index contributed by atoms with van der Waals surface area (Å²) in [5.74, 6) is -0.371. The SMILES string of the molecule is COC(=O)c1ccc(CN)[nH]1. The number of methoxy groups -OCH3 is 1. The van der Waals surface area contributed by atoms with Crippen molar-refractivity contribution >= 4 is 5.97 Å². The van der Waals surface area contributed by atoms with E-state index in [4.69, 9.17) is 5.73 Å². The van der Waals surface area contributed by atoms with E-state index in [9.17, 15) is 4.79 Å². The van der Waals surface area contributed by atoms with Gasteiger partial charge >= 0.3 is 5.97 Å². The molecule has 0 bridgehead atoms. The molecule has 0 spiro atoms. The van der Waals surface area contributed by atoms with Gasteiger partial charge in [-0.05, 0) is 12.1 Å². The molecule has 0 aromatic carbocycles. The lowest BCUT2D eigenvalue weighted by Gasteiger charge is -1.93. The van der Waals surface area contributed by atoms with Crippen LogP contribution in [0.5, 0.6) is 0 Å². The van der Waals surface area contributed by atoms with Gasteiger partial charge in [-0.1, -0.05) is 0 Å². The zero-order valence-electron chi connectivity index (χ0n) is 6.26. The number of carbonyl (C=O) groups excluding carboxylic acids is 1. The van der Waals surface area contributed by atoms with Crippen molar-refractivity contribution in [3.05, 3.63) is 23.5 Å². The molecule has 1 rings (SSSR count). The van der Waals surface area contributed by atoms with Crippen molar-refractivity contribution in [1.29, 1.82) is 0 Å². The van der Waals surface area contributed by atoms with Gasteiger partial charge in [0.2, 0.25) is 0 Å². The normalized spacial score (nSPS) is 9.64. The third-order valence-electron chi connectivity index (χ3n) is 1.37. The van der Waals surface area contributed by atoms with Gasteiger partial charge in [-0.25, -0.2) is 4.79 Å². The van der Waals surface area contributed by atoms with Crippen molar-refractivity contribution in [3.63, 3.8) is 0 Å². The molecule has 11 heavy (non-hydrogen) atoms. The van der Waals surface area contributed by atoms with Gasteiger partial charge in [-0.15, -0.1) is 0 Å². The van der Waals surface area contributed by atoms with E-state index < -0.39 is 0 Å². The third-order valence-corrected chi connectivity index (χ3v) is 1.37. The Balaban J connectivity index is 2.80. The van der Waals surface area contributed by atoms with Crippen LogP contribution in [0, 0.1) is 0 Å². The molecule has 1 heterocycles. The minimum absolute atomic E-state index is 0.371. The summed E-state index contributed by atoms with van der Waals surface area (Å²) in [7, 11) is 1.34. The molecule has 0 atom stereocenters. The molecule has 0 aliphatic heterocycles. The molecule has 1 aromatic rings. The number of ether oxygens (including phenoxy) is 1. The predicted octanol–water partition coefficient (Wildman–Crippen LogP) is 0.260. The Kier molecular flexibility index (Phi) is 2.28. The molecule has 0 radical (unpaired) electrons. The minimum Gasteiger partial charge on any atom is -0.464 e. The van der Waals surface area contributed by atoms with E-state index >= 15 is 0 Å². The van der Waals surface area contributed by atoms with E-state index in [2.05, 4.69) is 9.72 Å². The third kappa shape index (κ3) is 1.59. The largest absolute Gasteiger partial charge is 0.464 e. The molecule has 4 heteroatoms. The Morgan fingerprint density at radius 3 is 2.91 bits per heavy atom. The minimum atomic E-state index is -0.371. The summed E-state index contributed by atoms with van der Waals surface area (Å²) in [4.78, 5) is 13.7. The van der Waals surface area contributed by atoms with Gasteiger partial charge in [-0.2, -0.15) is 0 Å². The molecule has 4 nitrogen and oxygen atoms in total. The molecule has 0 aliphatic rings. The van der Waals surface area contributed by atoms with Crippen LogP contribution < -0.4 is 5.73 Å². The molecule has 0 saturated carbocycles. The summed E-state index contributed by atoms with van der Waals surface area (Å²) >= 11 is 0. The fraction of sp³-hybridized carbons (Fsp3) is 0.286. The van der Waals surface area contributed by atoms with Gasteiger partial charge in [0.1, 0.15) is 5.69 Å². The molecule has 0 aliphatic carbocycles. The zero-order valence-corrected chi connectivity index (χ0v) is 6.26. The molecule has 0 amide bonds. The maximum Gasteiger partial charge on any atom is 0.354 e. The average Bonchev–Trinajstić information content (AvgIpc) is 2.50.